The molecule has 5 heteroatoms. The van der Waals surface area contributed by atoms with Gasteiger partial charge in [-0.05, 0) is 62.9 Å². The van der Waals surface area contributed by atoms with Gasteiger partial charge in [0, 0.05) is 53.2 Å². The molecule has 0 saturated heterocycles. The van der Waals surface area contributed by atoms with E-state index in [1.54, 1.807) is 0 Å². The molecular weight excluding hydrogens is 751 g/mol. The van der Waals surface area contributed by atoms with Crippen LogP contribution in [0.4, 0.5) is 0 Å². The smallest absolute Gasteiger partial charge is 0.164 e. The van der Waals surface area contributed by atoms with Crippen LogP contribution in [-0.2, 0) is 0 Å². The Bertz CT molecular complexity index is 3600. The molecule has 0 atom stereocenters. The highest BCUT2D eigenvalue weighted by molar-refractivity contribution is 7.26. The normalized spacial score (nSPS) is 11.7. The van der Waals surface area contributed by atoms with Gasteiger partial charge in [-0.15, -0.1) is 11.3 Å². The molecule has 0 fully saturated rings. The number of thiophene rings is 1. The van der Waals surface area contributed by atoms with Crippen LogP contribution < -0.4 is 0 Å². The summed E-state index contributed by atoms with van der Waals surface area (Å²) in [5.41, 5.74) is 11.4. The molecule has 280 valence electrons. The van der Waals surface area contributed by atoms with Crippen LogP contribution in [0.3, 0.4) is 0 Å². The summed E-state index contributed by atoms with van der Waals surface area (Å²) in [6.07, 6.45) is 0. The van der Waals surface area contributed by atoms with Crippen LogP contribution in [0, 0.1) is 0 Å². The van der Waals surface area contributed by atoms with Crippen molar-refractivity contribution in [1.82, 2.24) is 15.0 Å². The van der Waals surface area contributed by atoms with Crippen molar-refractivity contribution < 1.29 is 4.42 Å². The van der Waals surface area contributed by atoms with E-state index < -0.39 is 0 Å². The molecule has 0 aliphatic heterocycles. The Kier molecular flexibility index (Phi) is 8.00. The highest BCUT2D eigenvalue weighted by Gasteiger charge is 2.20. The number of nitrogens with zero attached hydrogens (tertiary/aromatic N) is 3. The number of benzene rings is 9. The van der Waals surface area contributed by atoms with Crippen molar-refractivity contribution in [3.63, 3.8) is 0 Å². The van der Waals surface area contributed by atoms with E-state index in [-0.39, 0.29) is 0 Å². The third-order valence-electron chi connectivity index (χ3n) is 11.6. The van der Waals surface area contributed by atoms with Gasteiger partial charge in [-0.25, -0.2) is 15.0 Å². The first-order valence-electron chi connectivity index (χ1n) is 20.1. The lowest BCUT2D eigenvalue weighted by Gasteiger charge is -2.15. The molecular formula is C55H33N3OS. The Hall–Kier alpha value is -7.73. The quantitative estimate of drug-likeness (QED) is 0.169. The minimum absolute atomic E-state index is 0.583. The Morgan fingerprint density at radius 2 is 0.833 bits per heavy atom. The van der Waals surface area contributed by atoms with Crippen LogP contribution in [-0.4, -0.2) is 15.0 Å². The Morgan fingerprint density at radius 1 is 0.300 bits per heavy atom. The number of fused-ring (bicyclic) bond motifs is 7. The van der Waals surface area contributed by atoms with E-state index in [1.807, 2.05) is 29.5 Å². The molecule has 3 aromatic heterocycles. The fraction of sp³-hybridized carbons (Fsp3) is 0. The highest BCUT2D eigenvalue weighted by atomic mass is 32.1. The lowest BCUT2D eigenvalue weighted by molar-refractivity contribution is 0.669. The molecule has 0 spiro atoms. The summed E-state index contributed by atoms with van der Waals surface area (Å²) in [7, 11) is 0. The summed E-state index contributed by atoms with van der Waals surface area (Å²) in [5.74, 6) is 1.80. The van der Waals surface area contributed by atoms with E-state index in [2.05, 4.69) is 182 Å². The summed E-state index contributed by atoms with van der Waals surface area (Å²) in [4.78, 5) is 15.7. The topological polar surface area (TPSA) is 51.8 Å². The van der Waals surface area contributed by atoms with Gasteiger partial charge in [-0.2, -0.15) is 0 Å². The zero-order valence-corrected chi connectivity index (χ0v) is 33.0. The first-order chi connectivity index (χ1) is 29.7. The standard InChI is InChI=1S/C55H33N3OS/c1-3-14-35(15-4-1)40-22-12-24-45-46-25-13-23-44(52(46)60-51(40)45)41-30-28-37(32-48(41)36-16-5-2-6-17-36)53-56-54(38-29-31-43-42-21-9-10-27-49(42)59-50(43)33-38)58-55(57-53)47-26-11-19-34-18-7-8-20-39(34)47/h1-33H. The lowest BCUT2D eigenvalue weighted by atomic mass is 9.91. The molecule has 12 rings (SSSR count). The molecule has 0 aliphatic rings. The Morgan fingerprint density at radius 3 is 1.62 bits per heavy atom. The van der Waals surface area contributed by atoms with E-state index in [0.29, 0.717) is 17.5 Å². The van der Waals surface area contributed by atoms with Gasteiger partial charge in [-0.1, -0.05) is 176 Å². The van der Waals surface area contributed by atoms with E-state index in [1.165, 1.54) is 36.9 Å². The number of aromatic nitrogens is 3. The van der Waals surface area contributed by atoms with Crippen molar-refractivity contribution in [1.29, 1.82) is 0 Å². The van der Waals surface area contributed by atoms with Gasteiger partial charge < -0.3 is 4.42 Å². The second kappa shape index (κ2) is 14.0. The first kappa shape index (κ1) is 34.3. The third kappa shape index (κ3) is 5.70. The maximum atomic E-state index is 6.33. The number of rotatable bonds is 6. The lowest BCUT2D eigenvalue weighted by Crippen LogP contribution is -2.01. The van der Waals surface area contributed by atoms with Crippen molar-refractivity contribution in [2.24, 2.45) is 0 Å². The van der Waals surface area contributed by atoms with Crippen molar-refractivity contribution in [3.8, 4) is 67.5 Å². The van der Waals surface area contributed by atoms with Gasteiger partial charge in [-0.3, -0.25) is 0 Å². The number of furan rings is 1. The largest absolute Gasteiger partial charge is 0.456 e. The molecule has 0 radical (unpaired) electrons. The molecule has 9 aromatic carbocycles. The summed E-state index contributed by atoms with van der Waals surface area (Å²) in [6, 6.07) is 70.4. The second-order valence-electron chi connectivity index (χ2n) is 15.1. The zero-order valence-electron chi connectivity index (χ0n) is 32.2. The van der Waals surface area contributed by atoms with Crippen molar-refractivity contribution >= 4 is 64.2 Å². The maximum Gasteiger partial charge on any atom is 0.164 e. The molecule has 4 nitrogen and oxygen atoms in total. The number of para-hydroxylation sites is 1. The van der Waals surface area contributed by atoms with Crippen molar-refractivity contribution in [2.45, 2.75) is 0 Å². The molecule has 0 N–H and O–H groups in total. The minimum Gasteiger partial charge on any atom is -0.456 e. The number of hydrogen-bond acceptors (Lipinski definition) is 5. The molecule has 12 aromatic rings. The fourth-order valence-corrected chi connectivity index (χ4v) is 10.1. The van der Waals surface area contributed by atoms with Crippen LogP contribution in [0.15, 0.2) is 205 Å². The molecule has 0 aliphatic carbocycles. The fourth-order valence-electron chi connectivity index (χ4n) is 8.69. The molecule has 0 saturated carbocycles. The SMILES string of the molecule is c1ccc(-c2cc(-c3nc(-c4ccc5c(c4)oc4ccccc45)nc(-c4cccc5ccccc45)n3)ccc2-c2cccc3c2sc2c(-c4ccccc4)cccc23)cc1. The Balaban J connectivity index is 1.07. The van der Waals surface area contributed by atoms with Crippen LogP contribution in [0.2, 0.25) is 0 Å². The monoisotopic (exact) mass is 783 g/mol. The predicted octanol–water partition coefficient (Wildman–Crippen LogP) is 15.3. The van der Waals surface area contributed by atoms with Crippen molar-refractivity contribution in [2.75, 3.05) is 0 Å². The molecule has 0 bridgehead atoms. The summed E-state index contributed by atoms with van der Waals surface area (Å²) in [5, 5.41) is 6.90. The van der Waals surface area contributed by atoms with Gasteiger partial charge >= 0.3 is 0 Å². The van der Waals surface area contributed by atoms with E-state index in [0.717, 1.165) is 66.1 Å². The first-order valence-corrected chi connectivity index (χ1v) is 20.9. The average Bonchev–Trinajstić information content (AvgIpc) is 3.90. The molecule has 60 heavy (non-hydrogen) atoms. The molecule has 3 heterocycles. The van der Waals surface area contributed by atoms with Gasteiger partial charge in [0.15, 0.2) is 17.5 Å². The number of hydrogen-bond donors (Lipinski definition) is 0. The minimum atomic E-state index is 0.583. The van der Waals surface area contributed by atoms with E-state index >= 15 is 0 Å². The molecule has 0 unspecified atom stereocenters. The van der Waals surface area contributed by atoms with Crippen molar-refractivity contribution in [3.05, 3.63) is 200 Å². The van der Waals surface area contributed by atoms with Gasteiger partial charge in [0.2, 0.25) is 0 Å². The van der Waals surface area contributed by atoms with Crippen LogP contribution in [0.5, 0.6) is 0 Å². The van der Waals surface area contributed by atoms with Gasteiger partial charge in [0.25, 0.3) is 0 Å². The summed E-state index contributed by atoms with van der Waals surface area (Å²) < 4.78 is 8.89. The van der Waals surface area contributed by atoms with Gasteiger partial charge in [0.05, 0.1) is 0 Å². The molecule has 0 amide bonds. The van der Waals surface area contributed by atoms with E-state index in [4.69, 9.17) is 19.4 Å². The third-order valence-corrected chi connectivity index (χ3v) is 12.9. The Labute approximate surface area is 349 Å². The summed E-state index contributed by atoms with van der Waals surface area (Å²) in [6.45, 7) is 0. The van der Waals surface area contributed by atoms with Gasteiger partial charge in [0.1, 0.15) is 11.2 Å². The van der Waals surface area contributed by atoms with Crippen LogP contribution >= 0.6 is 11.3 Å². The zero-order chi connectivity index (χ0) is 39.6. The van der Waals surface area contributed by atoms with Crippen LogP contribution in [0.1, 0.15) is 0 Å². The van der Waals surface area contributed by atoms with E-state index in [9.17, 15) is 0 Å². The second-order valence-corrected chi connectivity index (χ2v) is 16.1. The van der Waals surface area contributed by atoms with Crippen LogP contribution in [0.25, 0.3) is 120 Å². The summed E-state index contributed by atoms with van der Waals surface area (Å²) >= 11 is 1.87. The maximum absolute atomic E-state index is 6.33. The highest BCUT2D eigenvalue weighted by Crippen LogP contribution is 2.46. The predicted molar refractivity (Wildman–Crippen MR) is 250 cm³/mol. The average molecular weight is 784 g/mol.